The fourth-order valence-electron chi connectivity index (χ4n) is 5.21. The van der Waals surface area contributed by atoms with Gasteiger partial charge in [0.1, 0.15) is 10.5 Å². The second-order valence-electron chi connectivity index (χ2n) is 9.43. The minimum absolute atomic E-state index is 0.138. The van der Waals surface area contributed by atoms with Gasteiger partial charge in [0.05, 0.1) is 19.3 Å². The number of urea groups is 1. The maximum absolute atomic E-state index is 13.3. The summed E-state index contributed by atoms with van der Waals surface area (Å²) < 4.78 is 30.0. The molecular formula is C22H29N5O4S. The van der Waals surface area contributed by atoms with Crippen molar-refractivity contribution >= 4 is 21.6 Å². The molecule has 5 rings (SSSR count). The molecule has 2 aliphatic carbocycles. The fraction of sp³-hybridized carbons (Fsp3) is 0.545. The van der Waals surface area contributed by atoms with Gasteiger partial charge in [-0.2, -0.15) is 5.10 Å². The highest BCUT2D eigenvalue weighted by atomic mass is 32.2. The van der Waals surface area contributed by atoms with Gasteiger partial charge >= 0.3 is 6.03 Å². The fourth-order valence-corrected chi connectivity index (χ4v) is 6.20. The van der Waals surface area contributed by atoms with Crippen LogP contribution in [-0.4, -0.2) is 39.3 Å². The van der Waals surface area contributed by atoms with Crippen molar-refractivity contribution in [3.05, 3.63) is 34.5 Å². The van der Waals surface area contributed by atoms with Crippen LogP contribution in [0.3, 0.4) is 0 Å². The number of nitrogens with zero attached hydrogens (tertiary/aromatic N) is 3. The zero-order valence-electron chi connectivity index (χ0n) is 18.6. The molecule has 1 aromatic heterocycles. The van der Waals surface area contributed by atoms with E-state index in [9.17, 15) is 9.00 Å². The SMILES string of the molecule is COC[C@H]1CCc2cc3c(c(NC(=O)N=S(N)(=O)c4cnn5c4OC(C)(C)C5)c21)CCC3. The van der Waals surface area contributed by atoms with Crippen LogP contribution in [-0.2, 0) is 40.5 Å². The van der Waals surface area contributed by atoms with Crippen LogP contribution >= 0.6 is 0 Å². The van der Waals surface area contributed by atoms with E-state index in [1.165, 1.54) is 17.3 Å². The van der Waals surface area contributed by atoms with Crippen molar-refractivity contribution in [3.8, 4) is 5.88 Å². The minimum Gasteiger partial charge on any atom is -0.469 e. The molecule has 2 amide bonds. The number of carbonyl (C=O) groups excluding carboxylic acids is 1. The number of aryl methyl sites for hydroxylation is 2. The summed E-state index contributed by atoms with van der Waals surface area (Å²) in [6.45, 7) is 4.91. The Morgan fingerprint density at radius 3 is 3.00 bits per heavy atom. The van der Waals surface area contributed by atoms with Gasteiger partial charge in [-0.15, -0.1) is 4.36 Å². The molecule has 1 aliphatic heterocycles. The highest BCUT2D eigenvalue weighted by Gasteiger charge is 2.36. The molecule has 1 unspecified atom stereocenters. The Kier molecular flexibility index (Phi) is 5.06. The Bertz CT molecular complexity index is 1230. The standard InChI is InChI=1S/C22H29N5O4S/c1-22(2)12-27-20(31-22)17(10-24-27)32(23,29)26-21(28)25-19-16-6-4-5-13(16)9-14-7-8-15(11-30-3)18(14)19/h9-10,15H,4-8,11-12H2,1-3H3,(H3,23,25,26,28,29)/t15-,32?/m1/s1. The van der Waals surface area contributed by atoms with E-state index in [4.69, 9.17) is 14.6 Å². The predicted molar refractivity (Wildman–Crippen MR) is 120 cm³/mol. The number of aromatic nitrogens is 2. The summed E-state index contributed by atoms with van der Waals surface area (Å²) in [6, 6.07) is 1.56. The van der Waals surface area contributed by atoms with E-state index >= 15 is 0 Å². The summed E-state index contributed by atoms with van der Waals surface area (Å²) in [7, 11) is -1.84. The molecule has 0 spiro atoms. The molecule has 2 aromatic rings. The second-order valence-corrected chi connectivity index (χ2v) is 11.2. The van der Waals surface area contributed by atoms with Crippen LogP contribution in [0.25, 0.3) is 0 Å². The number of rotatable bonds is 4. The van der Waals surface area contributed by atoms with E-state index < -0.39 is 21.5 Å². The van der Waals surface area contributed by atoms with Gasteiger partial charge in [0.2, 0.25) is 5.88 Å². The average Bonchev–Trinajstić information content (AvgIpc) is 3.44. The van der Waals surface area contributed by atoms with Crippen molar-refractivity contribution in [1.29, 1.82) is 0 Å². The first-order valence-corrected chi connectivity index (χ1v) is 12.5. The molecule has 1 aromatic carbocycles. The van der Waals surface area contributed by atoms with E-state index in [0.29, 0.717) is 19.0 Å². The predicted octanol–water partition coefficient (Wildman–Crippen LogP) is 3.15. The van der Waals surface area contributed by atoms with Gasteiger partial charge in [-0.3, -0.25) is 0 Å². The number of amides is 2. The molecule has 9 nitrogen and oxygen atoms in total. The zero-order chi connectivity index (χ0) is 22.7. The number of methoxy groups -OCH3 is 1. The van der Waals surface area contributed by atoms with Gasteiger partial charge in [-0.05, 0) is 68.2 Å². The van der Waals surface area contributed by atoms with E-state index in [-0.39, 0.29) is 10.8 Å². The lowest BCUT2D eigenvalue weighted by Crippen LogP contribution is -2.27. The van der Waals surface area contributed by atoms with Crippen LogP contribution in [0, 0.1) is 0 Å². The number of nitrogens with two attached hydrogens (primary N) is 1. The lowest BCUT2D eigenvalue weighted by Gasteiger charge is -2.19. The van der Waals surface area contributed by atoms with E-state index in [1.54, 1.807) is 11.8 Å². The Morgan fingerprint density at radius 1 is 1.41 bits per heavy atom. The highest BCUT2D eigenvalue weighted by molar-refractivity contribution is 7.91. The molecule has 172 valence electrons. The number of nitrogens with one attached hydrogen (secondary N) is 1. The molecule has 0 radical (unpaired) electrons. The Balaban J connectivity index is 1.49. The molecule has 0 saturated carbocycles. The molecule has 3 N–H and O–H groups in total. The molecule has 32 heavy (non-hydrogen) atoms. The van der Waals surface area contributed by atoms with Crippen LogP contribution in [0.4, 0.5) is 10.5 Å². The summed E-state index contributed by atoms with van der Waals surface area (Å²) in [4.78, 5) is 13.1. The van der Waals surface area contributed by atoms with E-state index in [0.717, 1.165) is 48.9 Å². The summed E-state index contributed by atoms with van der Waals surface area (Å²) >= 11 is 0. The lowest BCUT2D eigenvalue weighted by atomic mass is 9.94. The van der Waals surface area contributed by atoms with Gasteiger partial charge in [-0.1, -0.05) is 6.07 Å². The highest BCUT2D eigenvalue weighted by Crippen LogP contribution is 2.44. The average molecular weight is 460 g/mol. The molecule has 10 heteroatoms. The normalized spacial score (nSPS) is 21.9. The third kappa shape index (κ3) is 3.60. The molecular weight excluding hydrogens is 430 g/mol. The Morgan fingerprint density at radius 2 is 2.22 bits per heavy atom. The van der Waals surface area contributed by atoms with E-state index in [1.807, 2.05) is 13.8 Å². The number of hydrogen-bond donors (Lipinski definition) is 2. The summed E-state index contributed by atoms with van der Waals surface area (Å²) in [5.74, 6) is 0.522. The maximum atomic E-state index is 13.3. The number of carbonyl (C=O) groups is 1. The molecule has 2 atom stereocenters. The molecule has 0 bridgehead atoms. The number of benzene rings is 1. The van der Waals surface area contributed by atoms with Gasteiger partial charge in [0.15, 0.2) is 9.92 Å². The van der Waals surface area contributed by atoms with Crippen LogP contribution in [0.15, 0.2) is 21.5 Å². The number of fused-ring (bicyclic) bond motifs is 3. The smallest absolute Gasteiger partial charge is 0.354 e. The van der Waals surface area contributed by atoms with Crippen molar-refractivity contribution in [2.75, 3.05) is 19.0 Å². The van der Waals surface area contributed by atoms with Crippen LogP contribution < -0.4 is 15.2 Å². The minimum atomic E-state index is -3.53. The topological polar surface area (TPSA) is 121 Å². The van der Waals surface area contributed by atoms with Crippen molar-refractivity contribution in [2.45, 2.75) is 68.9 Å². The lowest BCUT2D eigenvalue weighted by molar-refractivity contribution is 0.132. The third-order valence-electron chi connectivity index (χ3n) is 6.49. The third-order valence-corrected chi connectivity index (χ3v) is 7.84. The molecule has 2 heterocycles. The van der Waals surface area contributed by atoms with Gasteiger partial charge in [0.25, 0.3) is 0 Å². The van der Waals surface area contributed by atoms with E-state index in [2.05, 4.69) is 20.8 Å². The van der Waals surface area contributed by atoms with Crippen molar-refractivity contribution in [2.24, 2.45) is 9.50 Å². The number of anilines is 1. The second kappa shape index (κ2) is 7.57. The van der Waals surface area contributed by atoms with Crippen LogP contribution in [0.1, 0.15) is 54.9 Å². The summed E-state index contributed by atoms with van der Waals surface area (Å²) in [5, 5.41) is 13.2. The Labute approximate surface area is 188 Å². The molecule has 0 saturated heterocycles. The largest absolute Gasteiger partial charge is 0.469 e. The van der Waals surface area contributed by atoms with Gasteiger partial charge in [-0.25, -0.2) is 18.8 Å². The maximum Gasteiger partial charge on any atom is 0.354 e. The first kappa shape index (κ1) is 21.4. The monoisotopic (exact) mass is 459 g/mol. The molecule has 3 aliphatic rings. The quantitative estimate of drug-likeness (QED) is 0.728. The first-order chi connectivity index (χ1) is 15.2. The van der Waals surface area contributed by atoms with Crippen molar-refractivity contribution in [3.63, 3.8) is 0 Å². The zero-order valence-corrected chi connectivity index (χ0v) is 19.5. The van der Waals surface area contributed by atoms with Crippen LogP contribution in [0.5, 0.6) is 5.88 Å². The first-order valence-electron chi connectivity index (χ1n) is 11.0. The summed E-state index contributed by atoms with van der Waals surface area (Å²) in [6.07, 6.45) is 6.26. The van der Waals surface area contributed by atoms with Gasteiger partial charge in [0, 0.05) is 18.7 Å². The summed E-state index contributed by atoms with van der Waals surface area (Å²) in [5.41, 5.74) is 5.11. The van der Waals surface area contributed by atoms with Crippen molar-refractivity contribution in [1.82, 2.24) is 9.78 Å². The molecule has 0 fully saturated rings. The van der Waals surface area contributed by atoms with Crippen molar-refractivity contribution < 1.29 is 18.5 Å². The Hall–Kier alpha value is -2.43. The van der Waals surface area contributed by atoms with Gasteiger partial charge < -0.3 is 14.8 Å². The number of ether oxygens (including phenoxy) is 2. The van der Waals surface area contributed by atoms with Crippen LogP contribution in [0.2, 0.25) is 0 Å². The number of hydrogen-bond acceptors (Lipinski definition) is 5.